The number of amides is 1. The summed E-state index contributed by atoms with van der Waals surface area (Å²) in [6.45, 7) is 1.89. The van der Waals surface area contributed by atoms with E-state index in [1.54, 1.807) is 19.1 Å². The first kappa shape index (κ1) is 23.2. The Kier molecular flexibility index (Phi) is 6.72. The van der Waals surface area contributed by atoms with Crippen LogP contribution in [0.4, 0.5) is 0 Å². The maximum atomic E-state index is 12.9. The Morgan fingerprint density at radius 3 is 2.41 bits per heavy atom. The highest BCUT2D eigenvalue weighted by Crippen LogP contribution is 2.40. The molecule has 0 aliphatic carbocycles. The minimum atomic E-state index is -0.298. The standard InChI is InChI=1S/C27H27NO6/c1-16(29)20-7-5-6-8-21(20)17-9-11-23-18(13-17)14-19(34-23)15-28-27(30)22-10-12-24(31-2)26(33-4)25(22)32-3/h5-13,19H,14-15H2,1-4H3,(H,28,30). The number of ketones is 1. The van der Waals surface area contributed by atoms with Crippen LogP contribution >= 0.6 is 0 Å². The van der Waals surface area contributed by atoms with E-state index >= 15 is 0 Å². The zero-order chi connectivity index (χ0) is 24.2. The van der Waals surface area contributed by atoms with Crippen molar-refractivity contribution in [3.8, 4) is 34.1 Å². The average Bonchev–Trinajstić information content (AvgIpc) is 3.28. The van der Waals surface area contributed by atoms with Crippen LogP contribution in [0.1, 0.15) is 33.2 Å². The van der Waals surface area contributed by atoms with Crippen molar-refractivity contribution >= 4 is 11.7 Å². The van der Waals surface area contributed by atoms with Crippen molar-refractivity contribution in [1.82, 2.24) is 5.32 Å². The van der Waals surface area contributed by atoms with Gasteiger partial charge in [-0.1, -0.05) is 30.3 Å². The van der Waals surface area contributed by atoms with E-state index in [1.165, 1.54) is 21.3 Å². The molecule has 0 aromatic heterocycles. The summed E-state index contributed by atoms with van der Waals surface area (Å²) in [4.78, 5) is 24.9. The smallest absolute Gasteiger partial charge is 0.255 e. The van der Waals surface area contributed by atoms with Crippen molar-refractivity contribution in [2.24, 2.45) is 0 Å². The maximum absolute atomic E-state index is 12.9. The van der Waals surface area contributed by atoms with Gasteiger partial charge in [-0.05, 0) is 47.9 Å². The number of carbonyl (C=O) groups excluding carboxylic acids is 2. The molecule has 1 atom stereocenters. The highest BCUT2D eigenvalue weighted by atomic mass is 16.5. The van der Waals surface area contributed by atoms with Crippen molar-refractivity contribution in [3.63, 3.8) is 0 Å². The molecular weight excluding hydrogens is 434 g/mol. The molecule has 1 aliphatic heterocycles. The molecule has 1 heterocycles. The number of carbonyl (C=O) groups is 2. The van der Waals surface area contributed by atoms with E-state index in [4.69, 9.17) is 18.9 Å². The number of hydrogen-bond donors (Lipinski definition) is 1. The van der Waals surface area contributed by atoms with Crippen LogP contribution in [0, 0.1) is 0 Å². The van der Waals surface area contributed by atoms with E-state index in [0.29, 0.717) is 41.3 Å². The first-order valence-electron chi connectivity index (χ1n) is 10.9. The Labute approximate surface area is 198 Å². The zero-order valence-electron chi connectivity index (χ0n) is 19.6. The summed E-state index contributed by atoms with van der Waals surface area (Å²) >= 11 is 0. The first-order chi connectivity index (χ1) is 16.5. The fraction of sp³-hybridized carbons (Fsp3) is 0.259. The first-order valence-corrected chi connectivity index (χ1v) is 10.9. The summed E-state index contributed by atoms with van der Waals surface area (Å²) < 4.78 is 22.1. The van der Waals surface area contributed by atoms with Gasteiger partial charge in [0.1, 0.15) is 11.9 Å². The summed E-state index contributed by atoms with van der Waals surface area (Å²) in [5, 5.41) is 2.92. The Morgan fingerprint density at radius 1 is 0.941 bits per heavy atom. The van der Waals surface area contributed by atoms with E-state index in [2.05, 4.69) is 11.4 Å². The second kappa shape index (κ2) is 9.87. The molecule has 4 rings (SSSR count). The molecule has 0 spiro atoms. The number of ether oxygens (including phenoxy) is 4. The molecule has 1 unspecified atom stereocenters. The van der Waals surface area contributed by atoms with Crippen LogP contribution in [0.5, 0.6) is 23.0 Å². The molecule has 1 aliphatic rings. The molecule has 0 bridgehead atoms. The third-order valence-electron chi connectivity index (χ3n) is 5.86. The summed E-state index contributed by atoms with van der Waals surface area (Å²) in [6, 6.07) is 16.8. The van der Waals surface area contributed by atoms with Gasteiger partial charge >= 0.3 is 0 Å². The average molecular weight is 462 g/mol. The number of nitrogens with one attached hydrogen (secondary N) is 1. The number of benzene rings is 3. The molecule has 7 nitrogen and oxygen atoms in total. The van der Waals surface area contributed by atoms with E-state index in [-0.39, 0.29) is 17.8 Å². The van der Waals surface area contributed by atoms with Crippen LogP contribution in [0.25, 0.3) is 11.1 Å². The molecule has 0 saturated carbocycles. The molecule has 0 fully saturated rings. The van der Waals surface area contributed by atoms with Gasteiger partial charge in [0.25, 0.3) is 5.91 Å². The zero-order valence-corrected chi connectivity index (χ0v) is 19.6. The van der Waals surface area contributed by atoms with E-state index in [1.807, 2.05) is 36.4 Å². The van der Waals surface area contributed by atoms with Crippen molar-refractivity contribution in [3.05, 3.63) is 71.3 Å². The van der Waals surface area contributed by atoms with E-state index in [0.717, 1.165) is 22.4 Å². The SMILES string of the molecule is COc1ccc(C(=O)NCC2Cc3cc(-c4ccccc4C(C)=O)ccc3O2)c(OC)c1OC. The van der Waals surface area contributed by atoms with Crippen molar-refractivity contribution in [1.29, 1.82) is 0 Å². The molecule has 1 N–H and O–H groups in total. The molecular formula is C27H27NO6. The van der Waals surface area contributed by atoms with Gasteiger partial charge in [0.2, 0.25) is 5.75 Å². The summed E-state index contributed by atoms with van der Waals surface area (Å²) in [6.07, 6.45) is 0.442. The number of methoxy groups -OCH3 is 3. The van der Waals surface area contributed by atoms with Gasteiger partial charge in [0.05, 0.1) is 33.4 Å². The van der Waals surface area contributed by atoms with Gasteiger partial charge in [-0.15, -0.1) is 0 Å². The number of fused-ring (bicyclic) bond motifs is 1. The highest BCUT2D eigenvalue weighted by Gasteiger charge is 2.26. The van der Waals surface area contributed by atoms with E-state index < -0.39 is 0 Å². The summed E-state index contributed by atoms with van der Waals surface area (Å²) in [5.74, 6) is 1.66. The fourth-order valence-electron chi connectivity index (χ4n) is 4.23. The second-order valence-electron chi connectivity index (χ2n) is 7.96. The lowest BCUT2D eigenvalue weighted by atomic mass is 9.95. The van der Waals surface area contributed by atoms with Crippen LogP contribution in [-0.4, -0.2) is 45.7 Å². The van der Waals surface area contributed by atoms with Gasteiger partial charge in [-0.2, -0.15) is 0 Å². The fourth-order valence-corrected chi connectivity index (χ4v) is 4.23. The van der Waals surface area contributed by atoms with Crippen LogP contribution < -0.4 is 24.3 Å². The monoisotopic (exact) mass is 461 g/mol. The maximum Gasteiger partial charge on any atom is 0.255 e. The summed E-state index contributed by atoms with van der Waals surface area (Å²) in [7, 11) is 4.50. The molecule has 176 valence electrons. The Hall–Kier alpha value is -4.00. The second-order valence-corrected chi connectivity index (χ2v) is 7.96. The third-order valence-corrected chi connectivity index (χ3v) is 5.86. The summed E-state index contributed by atoms with van der Waals surface area (Å²) in [5.41, 5.74) is 3.94. The number of Topliss-reactive ketones (excluding diaryl/α,β-unsaturated/α-hetero) is 1. The quantitative estimate of drug-likeness (QED) is 0.503. The Bertz CT molecular complexity index is 1240. The minimum absolute atomic E-state index is 0.0264. The predicted octanol–water partition coefficient (Wildman–Crippen LogP) is 4.32. The third kappa shape index (κ3) is 4.41. The lowest BCUT2D eigenvalue weighted by Crippen LogP contribution is -2.34. The number of hydrogen-bond acceptors (Lipinski definition) is 6. The van der Waals surface area contributed by atoms with Crippen LogP contribution in [0.2, 0.25) is 0 Å². The normalized spacial score (nSPS) is 14.1. The topological polar surface area (TPSA) is 83.1 Å². The van der Waals surface area contributed by atoms with Crippen molar-refractivity contribution in [2.75, 3.05) is 27.9 Å². The van der Waals surface area contributed by atoms with Gasteiger partial charge in [0, 0.05) is 12.0 Å². The van der Waals surface area contributed by atoms with E-state index in [9.17, 15) is 9.59 Å². The van der Waals surface area contributed by atoms with Crippen LogP contribution in [0.15, 0.2) is 54.6 Å². The lowest BCUT2D eigenvalue weighted by molar-refractivity contribution is 0.0929. The molecule has 7 heteroatoms. The molecule has 3 aromatic rings. The molecule has 34 heavy (non-hydrogen) atoms. The van der Waals surface area contributed by atoms with Crippen LogP contribution in [-0.2, 0) is 6.42 Å². The lowest BCUT2D eigenvalue weighted by Gasteiger charge is -2.16. The van der Waals surface area contributed by atoms with Crippen molar-refractivity contribution in [2.45, 2.75) is 19.4 Å². The van der Waals surface area contributed by atoms with Gasteiger partial charge in [-0.3, -0.25) is 9.59 Å². The predicted molar refractivity (Wildman–Crippen MR) is 128 cm³/mol. The number of rotatable bonds is 8. The van der Waals surface area contributed by atoms with Gasteiger partial charge in [0.15, 0.2) is 17.3 Å². The Balaban J connectivity index is 1.47. The Morgan fingerprint density at radius 2 is 1.71 bits per heavy atom. The van der Waals surface area contributed by atoms with Gasteiger partial charge in [-0.25, -0.2) is 0 Å². The molecule has 0 radical (unpaired) electrons. The molecule has 0 saturated heterocycles. The highest BCUT2D eigenvalue weighted by molar-refractivity contribution is 6.01. The van der Waals surface area contributed by atoms with Gasteiger partial charge < -0.3 is 24.3 Å². The van der Waals surface area contributed by atoms with Crippen LogP contribution in [0.3, 0.4) is 0 Å². The minimum Gasteiger partial charge on any atom is -0.493 e. The largest absolute Gasteiger partial charge is 0.493 e. The molecule has 1 amide bonds. The molecule has 3 aromatic carbocycles. The van der Waals surface area contributed by atoms with Crippen molar-refractivity contribution < 1.29 is 28.5 Å².